The maximum Gasteiger partial charge on any atom is 0.270 e. The topological polar surface area (TPSA) is 82.0 Å². The molecule has 188 valence electrons. The van der Waals surface area contributed by atoms with E-state index < -0.39 is 10.8 Å². The monoisotopic (exact) mass is 507 g/mol. The van der Waals surface area contributed by atoms with Crippen LogP contribution in [0.5, 0.6) is 0 Å². The van der Waals surface area contributed by atoms with E-state index in [0.717, 1.165) is 37.4 Å². The van der Waals surface area contributed by atoms with Gasteiger partial charge in [-0.2, -0.15) is 0 Å². The van der Waals surface area contributed by atoms with Gasteiger partial charge in [0.2, 0.25) is 0 Å². The number of piperazine rings is 1. The molecule has 1 atom stereocenters. The highest BCUT2D eigenvalue weighted by Gasteiger charge is 2.26. The lowest BCUT2D eigenvalue weighted by Crippen LogP contribution is -2.50. The van der Waals surface area contributed by atoms with Crippen LogP contribution in [0.2, 0.25) is 5.02 Å². The number of para-hydroxylation sites is 1. The molecule has 4 rings (SSSR count). The maximum atomic E-state index is 13.0. The van der Waals surface area contributed by atoms with Gasteiger partial charge < -0.3 is 15.1 Å². The fourth-order valence-corrected chi connectivity index (χ4v) is 4.67. The first-order chi connectivity index (χ1) is 17.3. The van der Waals surface area contributed by atoms with Crippen LogP contribution in [0.25, 0.3) is 0 Å². The van der Waals surface area contributed by atoms with Gasteiger partial charge in [-0.15, -0.1) is 0 Å². The molecule has 0 aliphatic carbocycles. The third-order valence-electron chi connectivity index (χ3n) is 6.53. The number of rotatable bonds is 8. The maximum absolute atomic E-state index is 13.0. The summed E-state index contributed by atoms with van der Waals surface area (Å²) in [6, 6.07) is 22.5. The van der Waals surface area contributed by atoms with Crippen LogP contribution in [-0.4, -0.2) is 62.5 Å². The molecule has 1 heterocycles. The van der Waals surface area contributed by atoms with E-state index in [2.05, 4.69) is 51.5 Å². The molecule has 0 aromatic heterocycles. The third kappa shape index (κ3) is 5.95. The van der Waals surface area contributed by atoms with Crippen LogP contribution < -0.4 is 15.1 Å². The molecular formula is C27H30ClN5O3. The van der Waals surface area contributed by atoms with E-state index in [1.807, 2.05) is 37.2 Å². The SMILES string of the molecule is CN(C)c1ccc(C(CNC(=O)c2cc([N+](=O)[O-])ccc2Cl)N2CCN(c3ccccc3)CC2)cc1. The molecular weight excluding hydrogens is 478 g/mol. The molecule has 1 amide bonds. The van der Waals surface area contributed by atoms with E-state index in [1.165, 1.54) is 23.9 Å². The zero-order chi connectivity index (χ0) is 25.7. The lowest BCUT2D eigenvalue weighted by atomic mass is 10.0. The van der Waals surface area contributed by atoms with Gasteiger partial charge in [0.15, 0.2) is 0 Å². The van der Waals surface area contributed by atoms with E-state index >= 15 is 0 Å². The van der Waals surface area contributed by atoms with E-state index in [4.69, 9.17) is 11.6 Å². The molecule has 0 saturated carbocycles. The number of nitro groups is 1. The second-order valence-electron chi connectivity index (χ2n) is 8.99. The largest absolute Gasteiger partial charge is 0.378 e. The predicted molar refractivity (Wildman–Crippen MR) is 144 cm³/mol. The van der Waals surface area contributed by atoms with Crippen LogP contribution in [0.4, 0.5) is 17.1 Å². The highest BCUT2D eigenvalue weighted by Crippen LogP contribution is 2.27. The lowest BCUT2D eigenvalue weighted by molar-refractivity contribution is -0.384. The number of benzene rings is 3. The van der Waals surface area contributed by atoms with Gasteiger partial charge in [-0.3, -0.25) is 19.8 Å². The normalized spacial score (nSPS) is 14.8. The van der Waals surface area contributed by atoms with Crippen molar-refractivity contribution in [2.75, 3.05) is 56.6 Å². The second kappa shape index (κ2) is 11.4. The Bertz CT molecular complexity index is 1200. The Morgan fingerprint density at radius 1 is 1.03 bits per heavy atom. The molecule has 0 bridgehead atoms. The van der Waals surface area contributed by atoms with E-state index in [9.17, 15) is 14.9 Å². The van der Waals surface area contributed by atoms with Crippen LogP contribution in [0, 0.1) is 10.1 Å². The van der Waals surface area contributed by atoms with Crippen molar-refractivity contribution in [3.8, 4) is 0 Å². The number of halogens is 1. The highest BCUT2D eigenvalue weighted by atomic mass is 35.5. The number of amides is 1. The summed E-state index contributed by atoms with van der Waals surface area (Å²) in [7, 11) is 4.00. The van der Waals surface area contributed by atoms with Crippen LogP contribution in [0.1, 0.15) is 22.0 Å². The molecule has 1 N–H and O–H groups in total. The average Bonchev–Trinajstić information content (AvgIpc) is 2.90. The zero-order valence-electron chi connectivity index (χ0n) is 20.4. The van der Waals surface area contributed by atoms with Crippen LogP contribution >= 0.6 is 11.6 Å². The molecule has 3 aromatic rings. The van der Waals surface area contributed by atoms with Gasteiger partial charge in [0.25, 0.3) is 11.6 Å². The number of non-ortho nitro benzene ring substituents is 1. The van der Waals surface area contributed by atoms with Gasteiger partial charge in [0, 0.05) is 70.3 Å². The Morgan fingerprint density at radius 3 is 2.31 bits per heavy atom. The molecule has 8 nitrogen and oxygen atoms in total. The summed E-state index contributed by atoms with van der Waals surface area (Å²) in [6.07, 6.45) is 0. The average molecular weight is 508 g/mol. The Kier molecular flexibility index (Phi) is 8.07. The third-order valence-corrected chi connectivity index (χ3v) is 6.86. The molecule has 36 heavy (non-hydrogen) atoms. The Balaban J connectivity index is 1.51. The quantitative estimate of drug-likeness (QED) is 0.354. The van der Waals surface area contributed by atoms with Gasteiger partial charge in [0.1, 0.15) is 0 Å². The van der Waals surface area contributed by atoms with Gasteiger partial charge >= 0.3 is 0 Å². The first-order valence-corrected chi connectivity index (χ1v) is 12.2. The summed E-state index contributed by atoms with van der Waals surface area (Å²) in [4.78, 5) is 30.4. The number of nitrogens with one attached hydrogen (secondary N) is 1. The highest BCUT2D eigenvalue weighted by molar-refractivity contribution is 6.33. The number of carbonyl (C=O) groups excluding carboxylic acids is 1. The summed E-state index contributed by atoms with van der Waals surface area (Å²) in [5.41, 5.74) is 3.33. The van der Waals surface area contributed by atoms with Gasteiger partial charge in [0.05, 0.1) is 21.6 Å². The molecule has 0 spiro atoms. The molecule has 1 aliphatic heterocycles. The van der Waals surface area contributed by atoms with Gasteiger partial charge in [-0.1, -0.05) is 41.9 Å². The number of hydrogen-bond donors (Lipinski definition) is 1. The van der Waals surface area contributed by atoms with Crippen molar-refractivity contribution in [1.82, 2.24) is 10.2 Å². The summed E-state index contributed by atoms with van der Waals surface area (Å²) in [6.45, 7) is 3.78. The summed E-state index contributed by atoms with van der Waals surface area (Å²) in [5.74, 6) is -0.429. The molecule has 1 saturated heterocycles. The Labute approximate surface area is 216 Å². The molecule has 0 radical (unpaired) electrons. The fourth-order valence-electron chi connectivity index (χ4n) is 4.47. The predicted octanol–water partition coefficient (Wildman–Crippen LogP) is 4.61. The van der Waals surface area contributed by atoms with Crippen LogP contribution in [0.3, 0.4) is 0 Å². The second-order valence-corrected chi connectivity index (χ2v) is 9.40. The number of carbonyl (C=O) groups is 1. The van der Waals surface area contributed by atoms with E-state index in [-0.39, 0.29) is 22.3 Å². The van der Waals surface area contributed by atoms with Crippen molar-refractivity contribution in [3.63, 3.8) is 0 Å². The molecule has 1 fully saturated rings. The van der Waals surface area contributed by atoms with E-state index in [1.54, 1.807) is 0 Å². The van der Waals surface area contributed by atoms with Crippen molar-refractivity contribution in [3.05, 3.63) is 99.1 Å². The molecule has 3 aromatic carbocycles. The number of nitrogens with zero attached hydrogens (tertiary/aromatic N) is 4. The summed E-state index contributed by atoms with van der Waals surface area (Å²) in [5, 5.41) is 14.3. The minimum atomic E-state index is -0.533. The number of hydrogen-bond acceptors (Lipinski definition) is 6. The van der Waals surface area contributed by atoms with Crippen LogP contribution in [0.15, 0.2) is 72.8 Å². The minimum Gasteiger partial charge on any atom is -0.378 e. The van der Waals surface area contributed by atoms with Gasteiger partial charge in [-0.05, 0) is 35.9 Å². The van der Waals surface area contributed by atoms with Crippen molar-refractivity contribution in [1.29, 1.82) is 0 Å². The Morgan fingerprint density at radius 2 is 1.69 bits per heavy atom. The summed E-state index contributed by atoms with van der Waals surface area (Å²) >= 11 is 6.19. The first-order valence-electron chi connectivity index (χ1n) is 11.9. The molecule has 1 unspecified atom stereocenters. The smallest absolute Gasteiger partial charge is 0.270 e. The minimum absolute atomic E-state index is 0.0550. The first kappa shape index (κ1) is 25.5. The molecule has 9 heteroatoms. The molecule has 1 aliphatic rings. The standard InChI is InChI=1S/C27H30ClN5O3/c1-30(2)21-10-8-20(9-11-21)26(32-16-14-31(15-17-32)22-6-4-3-5-7-22)19-29-27(34)24-18-23(33(35)36)12-13-25(24)28/h3-13,18,26H,14-17,19H2,1-2H3,(H,29,34). The van der Waals surface area contributed by atoms with E-state index in [0.29, 0.717) is 6.54 Å². The van der Waals surface area contributed by atoms with Crippen molar-refractivity contribution >= 4 is 34.6 Å². The van der Waals surface area contributed by atoms with Gasteiger partial charge in [-0.25, -0.2) is 0 Å². The summed E-state index contributed by atoms with van der Waals surface area (Å²) < 4.78 is 0. The van der Waals surface area contributed by atoms with Crippen molar-refractivity contribution in [2.24, 2.45) is 0 Å². The zero-order valence-corrected chi connectivity index (χ0v) is 21.2. The van der Waals surface area contributed by atoms with Crippen molar-refractivity contribution < 1.29 is 9.72 Å². The van der Waals surface area contributed by atoms with Crippen LogP contribution in [-0.2, 0) is 0 Å². The number of nitro benzene ring substituents is 1. The van der Waals surface area contributed by atoms with Crippen molar-refractivity contribution in [2.45, 2.75) is 6.04 Å². The Hall–Kier alpha value is -3.62. The lowest BCUT2D eigenvalue weighted by Gasteiger charge is -2.40. The number of anilines is 2. The fraction of sp³-hybridized carbons (Fsp3) is 0.296.